The maximum absolute atomic E-state index is 13.0. The number of hydrogen-bond acceptors (Lipinski definition) is 3. The first-order chi connectivity index (χ1) is 15.1. The van der Waals surface area contributed by atoms with Gasteiger partial charge in [0.2, 0.25) is 5.91 Å². The van der Waals surface area contributed by atoms with Crippen LogP contribution >= 0.6 is 0 Å². The second-order valence-electron chi connectivity index (χ2n) is 9.07. The number of benzene rings is 2. The lowest BCUT2D eigenvalue weighted by atomic mass is 9.98. The molecule has 0 radical (unpaired) electrons. The summed E-state index contributed by atoms with van der Waals surface area (Å²) in [7, 11) is 3.82. The number of carbonyl (C=O) groups is 1. The van der Waals surface area contributed by atoms with E-state index in [2.05, 4.69) is 64.0 Å². The number of fused-ring (bicyclic) bond motifs is 2. The molecule has 3 aromatic rings. The fraction of sp³-hybridized carbons (Fsp3) is 0.423. The highest BCUT2D eigenvalue weighted by atomic mass is 16.5. The van der Waals surface area contributed by atoms with Gasteiger partial charge in [0.1, 0.15) is 5.75 Å². The average Bonchev–Trinajstić information content (AvgIpc) is 3.28. The number of amides is 1. The predicted octanol–water partition coefficient (Wildman–Crippen LogP) is 4.20. The lowest BCUT2D eigenvalue weighted by Gasteiger charge is -2.30. The monoisotopic (exact) mass is 417 g/mol. The zero-order valence-electron chi connectivity index (χ0n) is 18.5. The second kappa shape index (κ2) is 8.39. The molecule has 0 saturated carbocycles. The highest BCUT2D eigenvalue weighted by Gasteiger charge is 2.40. The number of nitrogens with zero attached hydrogens (tertiary/aromatic N) is 3. The molecule has 162 valence electrons. The van der Waals surface area contributed by atoms with Gasteiger partial charge >= 0.3 is 0 Å². The molecule has 5 rings (SSSR count). The molecule has 2 atom stereocenters. The Morgan fingerprint density at radius 3 is 2.71 bits per heavy atom. The molecule has 2 aromatic carbocycles. The minimum absolute atomic E-state index is 0.305. The highest BCUT2D eigenvalue weighted by Crippen LogP contribution is 2.34. The number of aryl methyl sites for hydroxylation is 1. The van der Waals surface area contributed by atoms with Crippen LogP contribution in [-0.4, -0.2) is 46.5 Å². The van der Waals surface area contributed by atoms with Crippen molar-refractivity contribution in [1.82, 2.24) is 14.4 Å². The van der Waals surface area contributed by atoms with Gasteiger partial charge in [0.25, 0.3) is 0 Å². The maximum atomic E-state index is 13.0. The fourth-order valence-corrected chi connectivity index (χ4v) is 5.48. The van der Waals surface area contributed by atoms with Crippen LogP contribution in [0.4, 0.5) is 0 Å². The fourth-order valence-electron chi connectivity index (χ4n) is 5.48. The van der Waals surface area contributed by atoms with Crippen molar-refractivity contribution in [2.75, 3.05) is 20.2 Å². The molecule has 2 fully saturated rings. The number of ether oxygens (including phenoxy) is 1. The van der Waals surface area contributed by atoms with E-state index < -0.39 is 0 Å². The number of aromatic nitrogens is 1. The van der Waals surface area contributed by atoms with Crippen LogP contribution in [0.25, 0.3) is 10.9 Å². The molecule has 0 N–H and O–H groups in total. The third-order valence-corrected chi connectivity index (χ3v) is 7.04. The van der Waals surface area contributed by atoms with Gasteiger partial charge in [-0.3, -0.25) is 9.69 Å². The first-order valence-corrected chi connectivity index (χ1v) is 11.3. The topological polar surface area (TPSA) is 37.7 Å². The standard InChI is InChI=1S/C26H31N3O2/c1-27-15-21(23-13-22(31-2)11-12-24(23)27)17-28-16-20-9-6-10-26(30)29(25(20)18-28)14-19-7-4-3-5-8-19/h3-5,7-8,11-13,15,20,25H,6,9-10,14,16-18H2,1-2H3/t20-,25+/m1/s1. The largest absolute Gasteiger partial charge is 0.497 e. The summed E-state index contributed by atoms with van der Waals surface area (Å²) in [4.78, 5) is 17.7. The SMILES string of the molecule is COc1ccc2c(c1)c(CN1C[C@H]3CCCC(=O)N(Cc4ccccc4)[C@H]3C1)cn2C. The predicted molar refractivity (Wildman–Crippen MR) is 123 cm³/mol. The lowest BCUT2D eigenvalue weighted by Crippen LogP contribution is -2.42. The van der Waals surface area contributed by atoms with Crippen LogP contribution < -0.4 is 4.74 Å². The van der Waals surface area contributed by atoms with E-state index in [9.17, 15) is 4.79 Å². The van der Waals surface area contributed by atoms with E-state index in [1.165, 1.54) is 22.0 Å². The van der Waals surface area contributed by atoms with Crippen LogP contribution in [0.3, 0.4) is 0 Å². The Balaban J connectivity index is 1.37. The Hall–Kier alpha value is -2.79. The number of carbonyl (C=O) groups excluding carboxylic acids is 1. The van der Waals surface area contributed by atoms with Gasteiger partial charge in [-0.1, -0.05) is 30.3 Å². The molecular formula is C26H31N3O2. The van der Waals surface area contributed by atoms with Crippen molar-refractivity contribution in [3.63, 3.8) is 0 Å². The summed E-state index contributed by atoms with van der Waals surface area (Å²) in [5.74, 6) is 1.76. The van der Waals surface area contributed by atoms with Crippen molar-refractivity contribution < 1.29 is 9.53 Å². The van der Waals surface area contributed by atoms with Gasteiger partial charge in [0.15, 0.2) is 0 Å². The van der Waals surface area contributed by atoms with Gasteiger partial charge in [0, 0.05) is 62.8 Å². The summed E-state index contributed by atoms with van der Waals surface area (Å²) < 4.78 is 7.66. The number of methoxy groups -OCH3 is 1. The molecule has 1 amide bonds. The van der Waals surface area contributed by atoms with Gasteiger partial charge in [-0.2, -0.15) is 0 Å². The molecule has 0 unspecified atom stereocenters. The maximum Gasteiger partial charge on any atom is 0.223 e. The molecule has 5 heteroatoms. The van der Waals surface area contributed by atoms with Crippen LogP contribution in [0, 0.1) is 5.92 Å². The molecule has 3 heterocycles. The van der Waals surface area contributed by atoms with Crippen LogP contribution in [0.15, 0.2) is 54.7 Å². The first kappa shape index (κ1) is 20.1. The Labute approximate surface area is 184 Å². The Bertz CT molecular complexity index is 1070. The van der Waals surface area contributed by atoms with Crippen LogP contribution in [0.2, 0.25) is 0 Å². The number of rotatable bonds is 5. The van der Waals surface area contributed by atoms with Gasteiger partial charge < -0.3 is 14.2 Å². The van der Waals surface area contributed by atoms with Crippen molar-refractivity contribution in [3.05, 3.63) is 65.9 Å². The molecule has 31 heavy (non-hydrogen) atoms. The molecule has 5 nitrogen and oxygen atoms in total. The van der Waals surface area contributed by atoms with E-state index >= 15 is 0 Å². The second-order valence-corrected chi connectivity index (χ2v) is 9.07. The van der Waals surface area contributed by atoms with E-state index in [1.54, 1.807) is 7.11 Å². The van der Waals surface area contributed by atoms with E-state index in [-0.39, 0.29) is 0 Å². The molecule has 2 saturated heterocycles. The molecule has 2 aliphatic heterocycles. The number of hydrogen-bond donors (Lipinski definition) is 0. The first-order valence-electron chi connectivity index (χ1n) is 11.3. The summed E-state index contributed by atoms with van der Waals surface area (Å²) in [6, 6.07) is 17.0. The highest BCUT2D eigenvalue weighted by molar-refractivity contribution is 5.85. The summed E-state index contributed by atoms with van der Waals surface area (Å²) in [5.41, 5.74) is 3.77. The van der Waals surface area contributed by atoms with Gasteiger partial charge in [-0.05, 0) is 48.1 Å². The van der Waals surface area contributed by atoms with E-state index in [1.807, 2.05) is 12.1 Å². The quantitative estimate of drug-likeness (QED) is 0.624. The Morgan fingerprint density at radius 1 is 1.06 bits per heavy atom. The normalized spacial score (nSPS) is 22.0. The summed E-state index contributed by atoms with van der Waals surface area (Å²) >= 11 is 0. The van der Waals surface area contributed by atoms with Crippen molar-refractivity contribution in [1.29, 1.82) is 0 Å². The molecule has 0 spiro atoms. The lowest BCUT2D eigenvalue weighted by molar-refractivity contribution is -0.133. The van der Waals surface area contributed by atoms with Gasteiger partial charge in [0.05, 0.1) is 7.11 Å². The van der Waals surface area contributed by atoms with Crippen LogP contribution in [0.5, 0.6) is 5.75 Å². The minimum Gasteiger partial charge on any atom is -0.497 e. The van der Waals surface area contributed by atoms with Gasteiger partial charge in [-0.25, -0.2) is 0 Å². The van der Waals surface area contributed by atoms with Crippen molar-refractivity contribution in [2.24, 2.45) is 13.0 Å². The molecule has 2 aliphatic rings. The average molecular weight is 418 g/mol. The summed E-state index contributed by atoms with van der Waals surface area (Å²) in [6.07, 6.45) is 5.07. The molecular weight excluding hydrogens is 386 g/mol. The van der Waals surface area contributed by atoms with E-state index in [0.717, 1.165) is 44.8 Å². The molecule has 0 bridgehead atoms. The zero-order valence-corrected chi connectivity index (χ0v) is 18.5. The van der Waals surface area contributed by atoms with Gasteiger partial charge in [-0.15, -0.1) is 0 Å². The summed E-state index contributed by atoms with van der Waals surface area (Å²) in [5, 5.41) is 1.26. The smallest absolute Gasteiger partial charge is 0.223 e. The Kier molecular flexibility index (Phi) is 5.45. The van der Waals surface area contributed by atoms with E-state index in [4.69, 9.17) is 4.74 Å². The number of likely N-dealkylation sites (tertiary alicyclic amines) is 2. The minimum atomic E-state index is 0.305. The van der Waals surface area contributed by atoms with Crippen LogP contribution in [-0.2, 0) is 24.9 Å². The zero-order chi connectivity index (χ0) is 21.4. The third-order valence-electron chi connectivity index (χ3n) is 7.04. The van der Waals surface area contributed by atoms with Crippen molar-refractivity contribution >= 4 is 16.8 Å². The van der Waals surface area contributed by atoms with Crippen molar-refractivity contribution in [3.8, 4) is 5.75 Å². The Morgan fingerprint density at radius 2 is 1.90 bits per heavy atom. The van der Waals surface area contributed by atoms with Crippen LogP contribution in [0.1, 0.15) is 30.4 Å². The third kappa shape index (κ3) is 3.94. The molecule has 1 aromatic heterocycles. The summed E-state index contributed by atoms with van der Waals surface area (Å²) in [6.45, 7) is 3.64. The van der Waals surface area contributed by atoms with Crippen molar-refractivity contribution in [2.45, 2.75) is 38.4 Å². The molecule has 0 aliphatic carbocycles. The van der Waals surface area contributed by atoms with E-state index in [0.29, 0.717) is 24.3 Å².